The number of hydrogen-bond donors (Lipinski definition) is 4. The third kappa shape index (κ3) is 7.28. The molecule has 18 heteroatoms. The van der Waals surface area contributed by atoms with E-state index in [1.54, 1.807) is 80.9 Å². The number of primary amides is 2. The van der Waals surface area contributed by atoms with E-state index in [1.165, 1.54) is 14.2 Å². The van der Waals surface area contributed by atoms with Crippen molar-refractivity contribution in [2.45, 2.75) is 66.1 Å². The summed E-state index contributed by atoms with van der Waals surface area (Å²) in [5.74, 6) is -1.72. The van der Waals surface area contributed by atoms with Gasteiger partial charge < -0.3 is 30.1 Å². The van der Waals surface area contributed by atoms with Gasteiger partial charge in [0, 0.05) is 38.4 Å². The molecule has 0 spiro atoms. The van der Waals surface area contributed by atoms with Crippen molar-refractivity contribution in [1.29, 1.82) is 0 Å². The monoisotopic (exact) mass is 738 g/mol. The largest absolute Gasteiger partial charge is 0.377 e. The number of methoxy groups -OCH3 is 2. The first-order valence-electron chi connectivity index (χ1n) is 17.2. The summed E-state index contributed by atoms with van der Waals surface area (Å²) in [4.78, 5) is 60.6. The Bertz CT molecular complexity index is 2240. The van der Waals surface area contributed by atoms with Gasteiger partial charge in [0.2, 0.25) is 23.7 Å². The summed E-state index contributed by atoms with van der Waals surface area (Å²) in [6, 6.07) is 13.0. The van der Waals surface area contributed by atoms with Gasteiger partial charge in [-0.3, -0.25) is 39.2 Å². The second kappa shape index (κ2) is 15.3. The molecule has 2 atom stereocenters. The number of hydrogen-bond acceptors (Lipinski definition) is 10. The van der Waals surface area contributed by atoms with Gasteiger partial charge in [-0.15, -0.1) is 0 Å². The Kier molecular flexibility index (Phi) is 10.6. The molecule has 0 saturated carbocycles. The highest BCUT2D eigenvalue weighted by Crippen LogP contribution is 2.27. The Labute approximate surface area is 309 Å². The number of rotatable bonds is 15. The Morgan fingerprint density at radius 1 is 0.667 bits per heavy atom. The fourth-order valence-corrected chi connectivity index (χ4v) is 6.44. The number of amides is 4. The van der Waals surface area contributed by atoms with E-state index in [-0.39, 0.29) is 36.1 Å². The van der Waals surface area contributed by atoms with E-state index in [0.717, 1.165) is 0 Å². The molecule has 2 aromatic carbocycles. The molecule has 54 heavy (non-hydrogen) atoms. The Balaban J connectivity index is 1.38. The molecule has 0 bridgehead atoms. The molecule has 0 unspecified atom stereocenters. The SMILES string of the molecule is CCn1nc(C)cc1C(=O)Nc1nc2cc(C(N)=O)ccc2n1C[C@@H](OC)[C@@H](Cn1c(NC(=O)c2cc(C)nn2CC)nc2cc(C(N)=O)ccc21)OC. The van der Waals surface area contributed by atoms with Gasteiger partial charge >= 0.3 is 0 Å². The van der Waals surface area contributed by atoms with Gasteiger partial charge in [-0.1, -0.05) is 0 Å². The van der Waals surface area contributed by atoms with Crippen molar-refractivity contribution in [3.63, 3.8) is 0 Å². The average molecular weight is 739 g/mol. The molecular formula is C36H42N12O6. The normalized spacial score (nSPS) is 12.6. The van der Waals surface area contributed by atoms with Crippen LogP contribution in [0.15, 0.2) is 48.5 Å². The molecular weight excluding hydrogens is 696 g/mol. The van der Waals surface area contributed by atoms with E-state index in [4.69, 9.17) is 20.9 Å². The third-order valence-corrected chi connectivity index (χ3v) is 9.13. The fourth-order valence-electron chi connectivity index (χ4n) is 6.44. The molecule has 0 aliphatic heterocycles. The van der Waals surface area contributed by atoms with E-state index >= 15 is 0 Å². The van der Waals surface area contributed by atoms with E-state index in [0.29, 0.717) is 57.9 Å². The Morgan fingerprint density at radius 2 is 1.06 bits per heavy atom. The van der Waals surface area contributed by atoms with Gasteiger partial charge in [-0.05, 0) is 76.2 Å². The maximum Gasteiger partial charge on any atom is 0.276 e. The fraction of sp³-hybridized carbons (Fsp3) is 0.333. The van der Waals surface area contributed by atoms with Crippen LogP contribution in [0.1, 0.15) is 66.9 Å². The van der Waals surface area contributed by atoms with Crippen LogP contribution < -0.4 is 22.1 Å². The van der Waals surface area contributed by atoms with Crippen LogP contribution >= 0.6 is 0 Å². The first-order valence-corrected chi connectivity index (χ1v) is 17.2. The van der Waals surface area contributed by atoms with Crippen molar-refractivity contribution < 1.29 is 28.7 Å². The molecule has 6 aromatic rings. The number of aromatic nitrogens is 8. The van der Waals surface area contributed by atoms with Gasteiger partial charge in [-0.25, -0.2) is 9.97 Å². The van der Waals surface area contributed by atoms with Crippen LogP contribution in [0.4, 0.5) is 11.9 Å². The molecule has 0 saturated heterocycles. The number of carbonyl (C=O) groups excluding carboxylic acids is 4. The molecule has 0 aliphatic carbocycles. The van der Waals surface area contributed by atoms with E-state index in [9.17, 15) is 19.2 Å². The summed E-state index contributed by atoms with van der Waals surface area (Å²) in [5, 5.41) is 14.6. The Hall–Kier alpha value is -6.40. The number of benzene rings is 2. The summed E-state index contributed by atoms with van der Waals surface area (Å²) in [6.45, 7) is 8.58. The lowest BCUT2D eigenvalue weighted by Crippen LogP contribution is -2.38. The lowest BCUT2D eigenvalue weighted by molar-refractivity contribution is -0.0495. The van der Waals surface area contributed by atoms with Gasteiger partial charge in [-0.2, -0.15) is 10.2 Å². The molecule has 0 aliphatic rings. The summed E-state index contributed by atoms with van der Waals surface area (Å²) in [6.07, 6.45) is -1.37. The van der Waals surface area contributed by atoms with E-state index in [1.807, 2.05) is 13.8 Å². The van der Waals surface area contributed by atoms with Gasteiger partial charge in [0.1, 0.15) is 23.6 Å². The smallest absolute Gasteiger partial charge is 0.276 e. The molecule has 18 nitrogen and oxygen atoms in total. The van der Waals surface area contributed by atoms with Gasteiger partial charge in [0.15, 0.2) is 0 Å². The highest BCUT2D eigenvalue weighted by molar-refractivity contribution is 6.04. The number of nitrogens with zero attached hydrogens (tertiary/aromatic N) is 8. The summed E-state index contributed by atoms with van der Waals surface area (Å²) >= 11 is 0. The van der Waals surface area contributed by atoms with Crippen LogP contribution in [-0.4, -0.2) is 88.7 Å². The zero-order chi connectivity index (χ0) is 38.8. The number of imidazole rings is 2. The van der Waals surface area contributed by atoms with Crippen LogP contribution in [0.3, 0.4) is 0 Å². The van der Waals surface area contributed by atoms with Crippen LogP contribution in [0.2, 0.25) is 0 Å². The maximum atomic E-state index is 13.6. The lowest BCUT2D eigenvalue weighted by atomic mass is 10.1. The van der Waals surface area contributed by atoms with Crippen LogP contribution in [-0.2, 0) is 35.7 Å². The molecule has 4 heterocycles. The van der Waals surface area contributed by atoms with Crippen LogP contribution in [0.25, 0.3) is 22.1 Å². The highest BCUT2D eigenvalue weighted by Gasteiger charge is 2.29. The predicted molar refractivity (Wildman–Crippen MR) is 199 cm³/mol. The summed E-state index contributed by atoms with van der Waals surface area (Å²) in [7, 11) is 3.06. The molecule has 4 amide bonds. The first-order chi connectivity index (χ1) is 25.8. The predicted octanol–water partition coefficient (Wildman–Crippen LogP) is 2.87. The minimum Gasteiger partial charge on any atom is -0.377 e. The summed E-state index contributed by atoms with van der Waals surface area (Å²) in [5.41, 5.74) is 15.7. The second-order valence-corrected chi connectivity index (χ2v) is 12.7. The van der Waals surface area contributed by atoms with Gasteiger partial charge in [0.25, 0.3) is 11.8 Å². The van der Waals surface area contributed by atoms with E-state index in [2.05, 4.69) is 30.8 Å². The maximum absolute atomic E-state index is 13.6. The molecule has 4 aromatic heterocycles. The molecule has 0 fully saturated rings. The second-order valence-electron chi connectivity index (χ2n) is 12.7. The van der Waals surface area contributed by atoms with Crippen LogP contribution in [0.5, 0.6) is 0 Å². The first kappa shape index (κ1) is 37.4. The van der Waals surface area contributed by atoms with Crippen LogP contribution in [0, 0.1) is 13.8 Å². The lowest BCUT2D eigenvalue weighted by Gasteiger charge is -2.27. The molecule has 6 N–H and O–H groups in total. The van der Waals surface area contributed by atoms with Gasteiger partial charge in [0.05, 0.1) is 46.5 Å². The number of ether oxygens (including phenoxy) is 2. The van der Waals surface area contributed by atoms with Crippen molar-refractivity contribution in [3.8, 4) is 0 Å². The number of fused-ring (bicyclic) bond motifs is 2. The summed E-state index contributed by atoms with van der Waals surface area (Å²) < 4.78 is 18.8. The molecule has 6 rings (SSSR count). The molecule has 282 valence electrons. The quantitative estimate of drug-likeness (QED) is 0.120. The highest BCUT2D eigenvalue weighted by atomic mass is 16.5. The number of nitrogens with two attached hydrogens (primary N) is 2. The van der Waals surface area contributed by atoms with Crippen molar-refractivity contribution in [1.82, 2.24) is 38.7 Å². The zero-order valence-corrected chi connectivity index (χ0v) is 30.8. The zero-order valence-electron chi connectivity index (χ0n) is 30.8. The number of nitrogens with one attached hydrogen (secondary N) is 2. The van der Waals surface area contributed by atoms with Crippen molar-refractivity contribution in [2.75, 3.05) is 24.9 Å². The average Bonchev–Trinajstić information content (AvgIpc) is 3.91. The van der Waals surface area contributed by atoms with Crippen molar-refractivity contribution in [2.24, 2.45) is 11.5 Å². The topological polar surface area (TPSA) is 234 Å². The number of anilines is 2. The van der Waals surface area contributed by atoms with Crippen molar-refractivity contribution >= 4 is 57.6 Å². The number of carbonyl (C=O) groups is 4. The minimum atomic E-state index is -0.683. The number of aryl methyl sites for hydroxylation is 4. The standard InChI is InChI=1S/C36H42N12O6/c1-7-47-27(13-19(3)43-47)33(51)41-35-39-23-15-21(31(37)49)9-11-25(23)45(35)17-29(53-5)30(54-6)18-46-26-12-10-22(32(38)50)16-24(26)40-36(46)42-34(52)28-14-20(4)44-48(28)8-2/h9-16,29-30H,7-8,17-18H2,1-6H3,(H2,37,49)(H2,38,50)(H,39,41,51)(H,40,42,52)/t29-,30-/m1/s1. The Morgan fingerprint density at radius 3 is 1.39 bits per heavy atom. The molecule has 0 radical (unpaired) electrons. The van der Waals surface area contributed by atoms with Crippen molar-refractivity contribution in [3.05, 3.63) is 82.4 Å². The van der Waals surface area contributed by atoms with E-state index < -0.39 is 35.8 Å². The minimum absolute atomic E-state index is 0.123. The third-order valence-electron chi connectivity index (χ3n) is 9.13.